The first-order valence-electron chi connectivity index (χ1n) is 5.72. The number of hydrogen-bond donors (Lipinski definition) is 1. The van der Waals surface area contributed by atoms with E-state index in [4.69, 9.17) is 4.74 Å². The lowest BCUT2D eigenvalue weighted by Crippen LogP contribution is -2.02. The molecule has 0 heterocycles. The number of rotatable bonds is 4. The normalized spacial score (nSPS) is 10.2. The predicted octanol–water partition coefficient (Wildman–Crippen LogP) is 3.32. The molecule has 0 spiro atoms. The van der Waals surface area contributed by atoms with Crippen molar-refractivity contribution in [2.24, 2.45) is 0 Å². The van der Waals surface area contributed by atoms with Gasteiger partial charge in [-0.3, -0.25) is 0 Å². The minimum Gasteiger partial charge on any atom is -0.508 e. The molecule has 0 fully saturated rings. The van der Waals surface area contributed by atoms with E-state index in [-0.39, 0.29) is 5.75 Å². The maximum Gasteiger partial charge on any atom is 0.122 e. The first-order valence-corrected chi connectivity index (χ1v) is 5.72. The fraction of sp³-hybridized carbons (Fsp3) is 0.200. The van der Waals surface area contributed by atoms with Gasteiger partial charge in [0.05, 0.1) is 6.61 Å². The van der Waals surface area contributed by atoms with Crippen LogP contribution in [0.2, 0.25) is 0 Å². The molecular formula is C15H16O2. The molecule has 0 aliphatic rings. The topological polar surface area (TPSA) is 29.5 Å². The summed E-state index contributed by atoms with van der Waals surface area (Å²) in [5.41, 5.74) is 2.58. The lowest BCUT2D eigenvalue weighted by molar-refractivity contribution is 0.319. The van der Waals surface area contributed by atoms with E-state index in [9.17, 15) is 5.11 Å². The van der Waals surface area contributed by atoms with Gasteiger partial charge in [0.2, 0.25) is 0 Å². The number of hydrogen-bond acceptors (Lipinski definition) is 2. The standard InChI is InChI=1S/C15H16O2/c1-12-5-2-3-6-13(12)9-10-17-15-8-4-7-14(16)11-15/h2-8,11,16H,9-10H2,1H3. The first-order chi connectivity index (χ1) is 8.25. The minimum atomic E-state index is 0.235. The Labute approximate surface area is 101 Å². The molecular weight excluding hydrogens is 212 g/mol. The number of phenolic OH excluding ortho intramolecular Hbond substituents is 1. The molecule has 2 aromatic rings. The van der Waals surface area contributed by atoms with Crippen molar-refractivity contribution in [3.63, 3.8) is 0 Å². The van der Waals surface area contributed by atoms with Crippen LogP contribution in [-0.4, -0.2) is 11.7 Å². The molecule has 2 nitrogen and oxygen atoms in total. The number of aryl methyl sites for hydroxylation is 1. The van der Waals surface area contributed by atoms with E-state index in [0.29, 0.717) is 12.4 Å². The highest BCUT2D eigenvalue weighted by Crippen LogP contribution is 2.18. The highest BCUT2D eigenvalue weighted by atomic mass is 16.5. The van der Waals surface area contributed by atoms with Gasteiger partial charge in [-0.05, 0) is 30.2 Å². The van der Waals surface area contributed by atoms with Gasteiger partial charge >= 0.3 is 0 Å². The maximum atomic E-state index is 9.29. The zero-order valence-corrected chi connectivity index (χ0v) is 9.89. The third-order valence-electron chi connectivity index (χ3n) is 2.72. The molecule has 0 saturated carbocycles. The van der Waals surface area contributed by atoms with E-state index >= 15 is 0 Å². The zero-order chi connectivity index (χ0) is 12.1. The lowest BCUT2D eigenvalue weighted by Gasteiger charge is -2.08. The van der Waals surface area contributed by atoms with Crippen LogP contribution in [0.15, 0.2) is 48.5 Å². The number of ether oxygens (including phenoxy) is 1. The Morgan fingerprint density at radius 3 is 2.65 bits per heavy atom. The monoisotopic (exact) mass is 228 g/mol. The van der Waals surface area contributed by atoms with Crippen molar-refractivity contribution >= 4 is 0 Å². The van der Waals surface area contributed by atoms with Crippen LogP contribution < -0.4 is 4.74 Å². The van der Waals surface area contributed by atoms with E-state index < -0.39 is 0 Å². The Kier molecular flexibility index (Phi) is 3.66. The SMILES string of the molecule is Cc1ccccc1CCOc1cccc(O)c1. The van der Waals surface area contributed by atoms with Crippen molar-refractivity contribution in [1.29, 1.82) is 0 Å². The largest absolute Gasteiger partial charge is 0.508 e. The molecule has 0 unspecified atom stereocenters. The van der Waals surface area contributed by atoms with Crippen molar-refractivity contribution < 1.29 is 9.84 Å². The van der Waals surface area contributed by atoms with Crippen LogP contribution in [0.1, 0.15) is 11.1 Å². The van der Waals surface area contributed by atoms with Gasteiger partial charge < -0.3 is 9.84 Å². The van der Waals surface area contributed by atoms with Crippen LogP contribution in [0.3, 0.4) is 0 Å². The summed E-state index contributed by atoms with van der Waals surface area (Å²) < 4.78 is 5.59. The molecule has 0 aromatic heterocycles. The van der Waals surface area contributed by atoms with Crippen LogP contribution in [0.4, 0.5) is 0 Å². The van der Waals surface area contributed by atoms with Crippen LogP contribution >= 0.6 is 0 Å². The Hall–Kier alpha value is -1.96. The molecule has 2 aromatic carbocycles. The molecule has 0 amide bonds. The van der Waals surface area contributed by atoms with Gasteiger partial charge in [0.1, 0.15) is 11.5 Å². The summed E-state index contributed by atoms with van der Waals surface area (Å²) in [7, 11) is 0. The minimum absolute atomic E-state index is 0.235. The Balaban J connectivity index is 1.90. The first kappa shape index (κ1) is 11.5. The molecule has 0 aliphatic carbocycles. The molecule has 0 aliphatic heterocycles. The highest BCUT2D eigenvalue weighted by molar-refractivity contribution is 5.32. The smallest absolute Gasteiger partial charge is 0.122 e. The van der Waals surface area contributed by atoms with Crippen LogP contribution in [-0.2, 0) is 6.42 Å². The molecule has 88 valence electrons. The molecule has 2 rings (SSSR count). The van der Waals surface area contributed by atoms with Crippen LogP contribution in [0.5, 0.6) is 11.5 Å². The number of benzene rings is 2. The molecule has 2 heteroatoms. The summed E-state index contributed by atoms with van der Waals surface area (Å²) in [4.78, 5) is 0. The maximum absolute atomic E-state index is 9.29. The lowest BCUT2D eigenvalue weighted by atomic mass is 10.1. The number of phenols is 1. The van der Waals surface area contributed by atoms with Gasteiger partial charge in [0.15, 0.2) is 0 Å². The molecule has 0 radical (unpaired) electrons. The Morgan fingerprint density at radius 1 is 1.06 bits per heavy atom. The number of aromatic hydroxyl groups is 1. The quantitative estimate of drug-likeness (QED) is 0.869. The van der Waals surface area contributed by atoms with Crippen molar-refractivity contribution in [2.75, 3.05) is 6.61 Å². The summed E-state index contributed by atoms with van der Waals surface area (Å²) in [5, 5.41) is 9.29. The van der Waals surface area contributed by atoms with E-state index in [0.717, 1.165) is 6.42 Å². The van der Waals surface area contributed by atoms with Gasteiger partial charge in [0.25, 0.3) is 0 Å². The summed E-state index contributed by atoms with van der Waals surface area (Å²) in [5.74, 6) is 0.942. The third kappa shape index (κ3) is 3.25. The van der Waals surface area contributed by atoms with E-state index in [2.05, 4.69) is 19.1 Å². The van der Waals surface area contributed by atoms with Crippen molar-refractivity contribution in [3.8, 4) is 11.5 Å². The molecule has 0 saturated heterocycles. The average Bonchev–Trinajstić information content (AvgIpc) is 2.32. The fourth-order valence-corrected chi connectivity index (χ4v) is 1.74. The molecule has 0 bridgehead atoms. The van der Waals surface area contributed by atoms with E-state index in [1.807, 2.05) is 18.2 Å². The Bertz CT molecular complexity index is 492. The van der Waals surface area contributed by atoms with Crippen molar-refractivity contribution in [3.05, 3.63) is 59.7 Å². The summed E-state index contributed by atoms with van der Waals surface area (Å²) in [6.07, 6.45) is 0.877. The van der Waals surface area contributed by atoms with Crippen LogP contribution in [0.25, 0.3) is 0 Å². The van der Waals surface area contributed by atoms with Gasteiger partial charge in [-0.15, -0.1) is 0 Å². The third-order valence-corrected chi connectivity index (χ3v) is 2.72. The predicted molar refractivity (Wildman–Crippen MR) is 68.5 cm³/mol. The second-order valence-corrected chi connectivity index (χ2v) is 4.02. The fourth-order valence-electron chi connectivity index (χ4n) is 1.74. The molecule has 0 atom stereocenters. The highest BCUT2D eigenvalue weighted by Gasteiger charge is 1.99. The van der Waals surface area contributed by atoms with Crippen molar-refractivity contribution in [2.45, 2.75) is 13.3 Å². The second-order valence-electron chi connectivity index (χ2n) is 4.02. The van der Waals surface area contributed by atoms with Crippen LogP contribution in [0, 0.1) is 6.92 Å². The average molecular weight is 228 g/mol. The Morgan fingerprint density at radius 2 is 1.88 bits per heavy atom. The van der Waals surface area contributed by atoms with Gasteiger partial charge in [-0.1, -0.05) is 30.3 Å². The van der Waals surface area contributed by atoms with Gasteiger partial charge in [-0.2, -0.15) is 0 Å². The van der Waals surface area contributed by atoms with Gasteiger partial charge in [0, 0.05) is 12.5 Å². The van der Waals surface area contributed by atoms with E-state index in [1.165, 1.54) is 11.1 Å². The van der Waals surface area contributed by atoms with E-state index in [1.54, 1.807) is 18.2 Å². The van der Waals surface area contributed by atoms with Gasteiger partial charge in [-0.25, -0.2) is 0 Å². The molecule has 1 N–H and O–H groups in total. The summed E-state index contributed by atoms with van der Waals surface area (Å²) in [6, 6.07) is 15.2. The zero-order valence-electron chi connectivity index (χ0n) is 9.89. The second kappa shape index (κ2) is 5.39. The van der Waals surface area contributed by atoms with Crippen molar-refractivity contribution in [1.82, 2.24) is 0 Å². The molecule has 17 heavy (non-hydrogen) atoms. The summed E-state index contributed by atoms with van der Waals surface area (Å²) in [6.45, 7) is 2.72. The summed E-state index contributed by atoms with van der Waals surface area (Å²) >= 11 is 0.